The van der Waals surface area contributed by atoms with Crippen LogP contribution >= 0.6 is 0 Å². The van der Waals surface area contributed by atoms with E-state index in [4.69, 9.17) is 8.48 Å². The average Bonchev–Trinajstić information content (AvgIpc) is 3.94. The standard InChI is InChI=1S/C50H62N10O6/c1-4-24-60(27-16-15-25-59(3)34-62)26-14-6-9-23-44(47(51)63)55-49(65)45(28-36-17-7-5-8-18-36)56-50(66)46(30-38-32-53-43-22-13-11-20-41(38)43)58-57-35(2)48(64)54-39(33-61)29-37-31-52-42-21-12-10-19-40(37)42/h4-5,7-8,10-13,17-22,31-35,39,44-46,52-53,57-58H,1,6,9,14,23-30H2,2-3H3,(H2,51,63)(H,54,64)(H,55,65)(H,56,66)/t35-,39?,44?,45?,46-/m0/s1/i33D,34D. The Morgan fingerprint density at radius 3 is 1.98 bits per heavy atom. The van der Waals surface area contributed by atoms with E-state index in [1.54, 1.807) is 25.4 Å². The lowest BCUT2D eigenvalue weighted by atomic mass is 10.0. The molecule has 5 atom stereocenters. The highest BCUT2D eigenvalue weighted by atomic mass is 16.2. The van der Waals surface area contributed by atoms with Crippen LogP contribution in [0.2, 0.25) is 0 Å². The Labute approximate surface area is 388 Å². The predicted molar refractivity (Wildman–Crippen MR) is 256 cm³/mol. The number of rotatable bonds is 27. The molecule has 3 aromatic carbocycles. The number of carbonyl (C=O) groups excluding carboxylic acids is 6. The first-order valence-electron chi connectivity index (χ1n) is 23.1. The minimum Gasteiger partial charge on any atom is -0.368 e. The molecule has 5 rings (SSSR count). The monoisotopic (exact) mass is 900 g/mol. The summed E-state index contributed by atoms with van der Waals surface area (Å²) >= 11 is 0. The maximum atomic E-state index is 14.4. The second-order valence-corrected chi connectivity index (χ2v) is 16.3. The van der Waals surface area contributed by atoms with Crippen LogP contribution in [0.3, 0.4) is 0 Å². The molecule has 0 aliphatic carbocycles. The van der Waals surface area contributed by atoms with Gasteiger partial charge in [-0.15, -0.1) is 6.58 Å². The number of hydrogen-bond acceptors (Lipinski definition) is 9. The third kappa shape index (κ3) is 15.3. The summed E-state index contributed by atoms with van der Waals surface area (Å²) in [6.07, 6.45) is 6.18. The normalized spacial score (nSPS) is 13.8. The number of nitrogens with zero attached hydrogens (tertiary/aromatic N) is 2. The van der Waals surface area contributed by atoms with Crippen LogP contribution in [-0.2, 0) is 48.0 Å². The molecule has 0 saturated carbocycles. The van der Waals surface area contributed by atoms with Crippen molar-refractivity contribution in [3.8, 4) is 11.8 Å². The van der Waals surface area contributed by atoms with Crippen LogP contribution in [0, 0.1) is 11.8 Å². The Morgan fingerprint density at radius 2 is 1.35 bits per heavy atom. The summed E-state index contributed by atoms with van der Waals surface area (Å²) in [4.78, 5) is 88.1. The van der Waals surface area contributed by atoms with Crippen molar-refractivity contribution < 1.29 is 31.5 Å². The number of hydrogen-bond donors (Lipinski definition) is 8. The largest absolute Gasteiger partial charge is 0.368 e. The third-order valence-corrected chi connectivity index (χ3v) is 11.2. The summed E-state index contributed by atoms with van der Waals surface area (Å²) in [5.74, 6) is 3.44. The molecule has 5 amide bonds. The number of H-pyrrole nitrogens is 2. The first-order valence-corrected chi connectivity index (χ1v) is 22.1. The Balaban J connectivity index is 1.25. The SMILES string of the molecule is [2H]C(=O)C(Cc1c[nH]c2ccccc12)NC(=O)[C@H](C)NN[C@@H](Cc1c[nH]c2ccccc12)C(=O)NC(Cc1ccccc1)C(=O)NC(CCCCCN(CC#CCN(C)C([2H])=O)CC=C)C(N)=O. The number of aromatic amines is 2. The first kappa shape index (κ1) is 46.9. The topological polar surface area (TPSA) is 227 Å². The molecule has 0 aliphatic heterocycles. The molecule has 0 aliphatic rings. The summed E-state index contributed by atoms with van der Waals surface area (Å²) in [6.45, 7) is 7.27. The molecular formula is C50H62N10O6. The first-order chi connectivity index (χ1) is 32.7. The fraction of sp³-hybridized carbons (Fsp3) is 0.360. The lowest BCUT2D eigenvalue weighted by Crippen LogP contribution is -2.60. The number of primary amides is 1. The Morgan fingerprint density at radius 1 is 0.742 bits per heavy atom. The van der Waals surface area contributed by atoms with Crippen LogP contribution in [0.1, 0.15) is 52.0 Å². The van der Waals surface area contributed by atoms with Gasteiger partial charge in [0.2, 0.25) is 30.0 Å². The number of fused-ring (bicyclic) bond motifs is 2. The Kier molecular flexibility index (Phi) is 18.5. The van der Waals surface area contributed by atoms with E-state index in [2.05, 4.69) is 60.1 Å². The van der Waals surface area contributed by atoms with Crippen molar-refractivity contribution in [1.82, 2.24) is 46.6 Å². The highest BCUT2D eigenvalue weighted by Crippen LogP contribution is 2.20. The maximum Gasteiger partial charge on any atom is 0.243 e. The van der Waals surface area contributed by atoms with Crippen molar-refractivity contribution in [2.24, 2.45) is 5.73 Å². The van der Waals surface area contributed by atoms with Crippen molar-refractivity contribution >= 4 is 58.1 Å². The van der Waals surface area contributed by atoms with E-state index in [0.29, 0.717) is 26.1 Å². The van der Waals surface area contributed by atoms with Gasteiger partial charge >= 0.3 is 0 Å². The van der Waals surface area contributed by atoms with Crippen LogP contribution < -0.4 is 32.5 Å². The lowest BCUT2D eigenvalue weighted by molar-refractivity contribution is -0.132. The van der Waals surface area contributed by atoms with Crippen LogP contribution in [0.25, 0.3) is 21.8 Å². The summed E-state index contributed by atoms with van der Waals surface area (Å²) in [6, 6.07) is 18.9. The molecule has 2 heterocycles. The summed E-state index contributed by atoms with van der Waals surface area (Å²) in [5.41, 5.74) is 15.8. The van der Waals surface area contributed by atoms with Crippen LogP contribution in [-0.4, -0.2) is 119 Å². The van der Waals surface area contributed by atoms with Crippen molar-refractivity contribution in [3.63, 3.8) is 0 Å². The molecule has 16 nitrogen and oxygen atoms in total. The van der Waals surface area contributed by atoms with Crippen molar-refractivity contribution in [1.29, 1.82) is 0 Å². The van der Waals surface area contributed by atoms with E-state index < -0.39 is 66.5 Å². The zero-order chi connectivity index (χ0) is 49.0. The fourth-order valence-electron chi connectivity index (χ4n) is 7.50. The van der Waals surface area contributed by atoms with E-state index in [9.17, 15) is 28.8 Å². The average molecular weight is 901 g/mol. The highest BCUT2D eigenvalue weighted by molar-refractivity contribution is 5.93. The molecule has 5 aromatic rings. The van der Waals surface area contributed by atoms with E-state index in [-0.39, 0.29) is 32.2 Å². The number of carbonyl (C=O) groups is 6. The summed E-state index contributed by atoms with van der Waals surface area (Å²) in [7, 11) is 1.51. The number of amides is 5. The summed E-state index contributed by atoms with van der Waals surface area (Å²) < 4.78 is 15.1. The van der Waals surface area contributed by atoms with Gasteiger partial charge in [-0.25, -0.2) is 10.9 Å². The third-order valence-electron chi connectivity index (χ3n) is 11.2. The quantitative estimate of drug-likeness (QED) is 0.0127. The van der Waals surface area contributed by atoms with Gasteiger partial charge < -0.3 is 41.3 Å². The number of nitrogens with one attached hydrogen (secondary N) is 7. The molecule has 16 heteroatoms. The molecule has 0 fully saturated rings. The fourth-order valence-corrected chi connectivity index (χ4v) is 7.50. The van der Waals surface area contributed by atoms with E-state index in [1.807, 2.05) is 78.9 Å². The zero-order valence-electron chi connectivity index (χ0n) is 39.5. The predicted octanol–water partition coefficient (Wildman–Crippen LogP) is 2.81. The molecule has 348 valence electrons. The van der Waals surface area contributed by atoms with Crippen LogP contribution in [0.4, 0.5) is 0 Å². The van der Waals surface area contributed by atoms with Crippen molar-refractivity contribution in [2.75, 3.05) is 33.2 Å². The van der Waals surface area contributed by atoms with Gasteiger partial charge in [0, 0.05) is 67.1 Å². The number of nitrogens with two attached hydrogens (primary N) is 1. The number of hydrazine groups is 1. The van der Waals surface area contributed by atoms with Gasteiger partial charge in [-0.1, -0.05) is 97.5 Å². The number of aromatic nitrogens is 2. The minimum absolute atomic E-state index is 0.0899. The molecule has 66 heavy (non-hydrogen) atoms. The Hall–Kier alpha value is -7.06. The number of aldehydes is 1. The van der Waals surface area contributed by atoms with E-state index in [1.165, 1.54) is 11.9 Å². The molecule has 3 unspecified atom stereocenters. The van der Waals surface area contributed by atoms with E-state index in [0.717, 1.165) is 51.3 Å². The van der Waals surface area contributed by atoms with Crippen molar-refractivity contribution in [3.05, 3.63) is 121 Å². The number of unbranched alkanes of at least 4 members (excludes halogenated alkanes) is 2. The van der Waals surface area contributed by atoms with Gasteiger partial charge in [-0.3, -0.25) is 28.9 Å². The van der Waals surface area contributed by atoms with E-state index >= 15 is 0 Å². The van der Waals surface area contributed by atoms with Gasteiger partial charge in [-0.2, -0.15) is 0 Å². The molecule has 0 spiro atoms. The second-order valence-electron chi connectivity index (χ2n) is 16.3. The molecule has 2 aromatic heterocycles. The minimum atomic E-state index is -1.14. The van der Waals surface area contributed by atoms with Crippen LogP contribution in [0.5, 0.6) is 0 Å². The zero-order valence-corrected chi connectivity index (χ0v) is 37.5. The lowest BCUT2D eigenvalue weighted by Gasteiger charge is -2.26. The molecule has 9 N–H and O–H groups in total. The number of benzene rings is 3. The van der Waals surface area contributed by atoms with Crippen LogP contribution in [0.15, 0.2) is 104 Å². The number of para-hydroxylation sites is 2. The smallest absolute Gasteiger partial charge is 0.243 e. The Bertz CT molecular complexity index is 2570. The van der Waals surface area contributed by atoms with Gasteiger partial charge in [0.15, 0.2) is 0 Å². The molecule has 0 bridgehead atoms. The van der Waals surface area contributed by atoms with Gasteiger partial charge in [0.25, 0.3) is 0 Å². The second kappa shape index (κ2) is 26.0. The molecular weight excluding hydrogens is 837 g/mol. The van der Waals surface area contributed by atoms with Gasteiger partial charge in [-0.05, 0) is 55.1 Å². The highest BCUT2D eigenvalue weighted by Gasteiger charge is 2.30. The van der Waals surface area contributed by atoms with Crippen molar-refractivity contribution in [2.45, 2.75) is 82.1 Å². The molecule has 0 saturated heterocycles. The summed E-state index contributed by atoms with van der Waals surface area (Å²) in [5, 5.41) is 10.1. The van der Waals surface area contributed by atoms with Gasteiger partial charge in [0.05, 0.1) is 25.2 Å². The van der Waals surface area contributed by atoms with Gasteiger partial charge in [0.1, 0.15) is 27.1 Å². The maximum absolute atomic E-state index is 14.4. The molecule has 0 radical (unpaired) electrons.